The second-order valence-electron chi connectivity index (χ2n) is 6.57. The van der Waals surface area contributed by atoms with Gasteiger partial charge in [-0.15, -0.1) is 0 Å². The molecule has 146 valence electrons. The van der Waals surface area contributed by atoms with Crippen molar-refractivity contribution >= 4 is 34.5 Å². The van der Waals surface area contributed by atoms with Crippen LogP contribution in [0.3, 0.4) is 0 Å². The van der Waals surface area contributed by atoms with Gasteiger partial charge in [-0.3, -0.25) is 14.2 Å². The number of amides is 1. The monoisotopic (exact) mass is 405 g/mol. The zero-order valence-corrected chi connectivity index (χ0v) is 16.8. The summed E-state index contributed by atoms with van der Waals surface area (Å²) in [5, 5.41) is 3.51. The van der Waals surface area contributed by atoms with Crippen LogP contribution < -0.4 is 10.9 Å². The Morgan fingerprint density at radius 1 is 1.10 bits per heavy atom. The normalized spacial score (nSPS) is 11.0. The first-order chi connectivity index (χ1) is 14.0. The summed E-state index contributed by atoms with van der Waals surface area (Å²) in [5.74, 6) is 0.0166. The number of nitrogens with zero attached hydrogens (tertiary/aromatic N) is 3. The molecule has 0 atom stereocenters. The fourth-order valence-corrected chi connectivity index (χ4v) is 3.92. The van der Waals surface area contributed by atoms with Crippen molar-refractivity contribution in [1.82, 2.24) is 19.5 Å². The Balaban J connectivity index is 1.64. The number of hydrogen-bond acceptors (Lipinski definition) is 5. The van der Waals surface area contributed by atoms with E-state index < -0.39 is 0 Å². The maximum Gasteiger partial charge on any atom is 0.278 e. The number of nitrogens with one attached hydrogen (secondary N) is 2. The van der Waals surface area contributed by atoms with E-state index in [2.05, 4.69) is 20.3 Å². The fraction of sp³-hybridized carbons (Fsp3) is 0.143. The van der Waals surface area contributed by atoms with Gasteiger partial charge in [0.1, 0.15) is 0 Å². The standard InChI is InChI=1S/C21H19N5O2S/c1-13-7-6-8-14(2)17(13)24-16(27)11-29-21-25-18-19(22-12-23-20(18)28)26(21)15-9-4-3-5-10-15/h3-10,12H,11H2,1-2H3,(H,24,27)(H,22,23,28). The number of rotatable bonds is 5. The van der Waals surface area contributed by atoms with Gasteiger partial charge in [0.2, 0.25) is 5.91 Å². The molecule has 0 radical (unpaired) electrons. The van der Waals surface area contributed by atoms with Crippen molar-refractivity contribution in [2.24, 2.45) is 0 Å². The Hall–Kier alpha value is -3.39. The van der Waals surface area contributed by atoms with Crippen molar-refractivity contribution in [2.45, 2.75) is 19.0 Å². The van der Waals surface area contributed by atoms with Crippen LogP contribution in [0.25, 0.3) is 16.9 Å². The van der Waals surface area contributed by atoms with Crippen molar-refractivity contribution in [3.63, 3.8) is 0 Å². The third kappa shape index (κ3) is 3.79. The van der Waals surface area contributed by atoms with Gasteiger partial charge in [-0.05, 0) is 37.1 Å². The lowest BCUT2D eigenvalue weighted by Gasteiger charge is -2.11. The molecular formula is C21H19N5O2S. The third-order valence-corrected chi connectivity index (χ3v) is 5.45. The molecule has 7 nitrogen and oxygen atoms in total. The average Bonchev–Trinajstić information content (AvgIpc) is 3.10. The first kappa shape index (κ1) is 18.9. The highest BCUT2D eigenvalue weighted by Crippen LogP contribution is 2.26. The molecule has 0 spiro atoms. The summed E-state index contributed by atoms with van der Waals surface area (Å²) in [7, 11) is 0. The number of para-hydroxylation sites is 2. The molecule has 0 saturated heterocycles. The van der Waals surface area contributed by atoms with Crippen molar-refractivity contribution in [1.29, 1.82) is 0 Å². The van der Waals surface area contributed by atoms with E-state index in [0.717, 1.165) is 22.5 Å². The van der Waals surface area contributed by atoms with Crippen molar-refractivity contribution in [3.8, 4) is 5.69 Å². The summed E-state index contributed by atoms with van der Waals surface area (Å²) in [6.07, 6.45) is 1.36. The van der Waals surface area contributed by atoms with Crippen LogP contribution in [0.1, 0.15) is 11.1 Å². The zero-order valence-electron chi connectivity index (χ0n) is 16.0. The number of anilines is 1. The maximum absolute atomic E-state index is 12.6. The first-order valence-electron chi connectivity index (χ1n) is 9.05. The van der Waals surface area contributed by atoms with Gasteiger partial charge < -0.3 is 10.3 Å². The molecule has 0 fully saturated rings. The number of aryl methyl sites for hydroxylation is 2. The lowest BCUT2D eigenvalue weighted by molar-refractivity contribution is -0.113. The van der Waals surface area contributed by atoms with Gasteiger partial charge >= 0.3 is 0 Å². The highest BCUT2D eigenvalue weighted by molar-refractivity contribution is 7.99. The molecule has 0 aliphatic carbocycles. The summed E-state index contributed by atoms with van der Waals surface area (Å²) in [6.45, 7) is 3.92. The van der Waals surface area contributed by atoms with Crippen LogP contribution >= 0.6 is 11.8 Å². The predicted molar refractivity (Wildman–Crippen MR) is 115 cm³/mol. The molecule has 0 aliphatic heterocycles. The molecule has 0 bridgehead atoms. The third-order valence-electron chi connectivity index (χ3n) is 4.51. The number of fused-ring (bicyclic) bond motifs is 1. The van der Waals surface area contributed by atoms with E-state index in [4.69, 9.17) is 0 Å². The van der Waals surface area contributed by atoms with E-state index in [1.54, 1.807) is 4.57 Å². The number of aromatic nitrogens is 4. The zero-order chi connectivity index (χ0) is 20.4. The van der Waals surface area contributed by atoms with Crippen LogP contribution in [0.2, 0.25) is 0 Å². The molecule has 2 N–H and O–H groups in total. The van der Waals surface area contributed by atoms with E-state index in [0.29, 0.717) is 10.8 Å². The molecule has 1 amide bonds. The second kappa shape index (κ2) is 7.92. The SMILES string of the molecule is Cc1cccc(C)c1NC(=O)CSc1nc2c(=O)[nH]cnc2n1-c1ccccc1. The van der Waals surface area contributed by atoms with E-state index in [1.165, 1.54) is 18.1 Å². The minimum Gasteiger partial charge on any atom is -0.325 e. The van der Waals surface area contributed by atoms with E-state index >= 15 is 0 Å². The van der Waals surface area contributed by atoms with Gasteiger partial charge in [-0.1, -0.05) is 48.2 Å². The second-order valence-corrected chi connectivity index (χ2v) is 7.52. The summed E-state index contributed by atoms with van der Waals surface area (Å²) >= 11 is 1.26. The van der Waals surface area contributed by atoms with Crippen LogP contribution in [0.4, 0.5) is 5.69 Å². The first-order valence-corrected chi connectivity index (χ1v) is 10.0. The van der Waals surface area contributed by atoms with Gasteiger partial charge in [-0.25, -0.2) is 9.97 Å². The van der Waals surface area contributed by atoms with E-state index in [-0.39, 0.29) is 22.7 Å². The van der Waals surface area contributed by atoms with Gasteiger partial charge in [0.25, 0.3) is 5.56 Å². The van der Waals surface area contributed by atoms with Crippen LogP contribution in [0, 0.1) is 13.8 Å². The minimum absolute atomic E-state index is 0.138. The molecule has 0 aliphatic rings. The van der Waals surface area contributed by atoms with E-state index in [9.17, 15) is 9.59 Å². The van der Waals surface area contributed by atoms with Crippen molar-refractivity contribution < 1.29 is 4.79 Å². The maximum atomic E-state index is 12.6. The van der Waals surface area contributed by atoms with Crippen LogP contribution in [-0.4, -0.2) is 31.2 Å². The average molecular weight is 405 g/mol. The lowest BCUT2D eigenvalue weighted by atomic mass is 10.1. The van der Waals surface area contributed by atoms with Gasteiger partial charge in [0.05, 0.1) is 12.1 Å². The highest BCUT2D eigenvalue weighted by Gasteiger charge is 2.18. The number of carbonyl (C=O) groups excluding carboxylic acids is 1. The lowest BCUT2D eigenvalue weighted by Crippen LogP contribution is -2.16. The number of carbonyl (C=O) groups is 1. The molecule has 8 heteroatoms. The molecule has 2 aromatic carbocycles. The van der Waals surface area contributed by atoms with Gasteiger partial charge in [-0.2, -0.15) is 0 Å². The predicted octanol–water partition coefficient (Wildman–Crippen LogP) is 3.46. The Labute approximate surface area is 171 Å². The molecule has 2 aromatic heterocycles. The summed E-state index contributed by atoms with van der Waals surface area (Å²) < 4.78 is 1.79. The number of hydrogen-bond donors (Lipinski definition) is 2. The Bertz CT molecular complexity index is 1230. The van der Waals surface area contributed by atoms with Gasteiger partial charge in [0, 0.05) is 11.4 Å². The molecule has 0 saturated carbocycles. The van der Waals surface area contributed by atoms with Crippen LogP contribution in [-0.2, 0) is 4.79 Å². The minimum atomic E-state index is -0.313. The molecule has 4 aromatic rings. The molecule has 2 heterocycles. The fourth-order valence-electron chi connectivity index (χ4n) is 3.11. The Morgan fingerprint density at radius 3 is 2.55 bits per heavy atom. The number of thioether (sulfide) groups is 1. The van der Waals surface area contributed by atoms with Crippen LogP contribution in [0.15, 0.2) is 64.8 Å². The number of imidazole rings is 1. The highest BCUT2D eigenvalue weighted by atomic mass is 32.2. The summed E-state index contributed by atoms with van der Waals surface area (Å²) in [5.41, 5.74) is 4.06. The summed E-state index contributed by atoms with van der Waals surface area (Å²) in [6, 6.07) is 15.4. The molecule has 4 rings (SSSR count). The van der Waals surface area contributed by atoms with Crippen molar-refractivity contribution in [2.75, 3.05) is 11.1 Å². The quantitative estimate of drug-likeness (QED) is 0.496. The number of H-pyrrole nitrogens is 1. The molecule has 0 unspecified atom stereocenters. The Morgan fingerprint density at radius 2 is 1.83 bits per heavy atom. The van der Waals surface area contributed by atoms with E-state index in [1.807, 2.05) is 62.4 Å². The Kier molecular flexibility index (Phi) is 5.18. The molecule has 29 heavy (non-hydrogen) atoms. The topological polar surface area (TPSA) is 92.7 Å². The van der Waals surface area contributed by atoms with Crippen molar-refractivity contribution in [3.05, 3.63) is 76.3 Å². The number of aromatic amines is 1. The van der Waals surface area contributed by atoms with Gasteiger partial charge in [0.15, 0.2) is 16.3 Å². The smallest absolute Gasteiger partial charge is 0.278 e. The molecular weight excluding hydrogens is 386 g/mol. The largest absolute Gasteiger partial charge is 0.325 e. The number of benzene rings is 2. The van der Waals surface area contributed by atoms with Crippen LogP contribution in [0.5, 0.6) is 0 Å². The summed E-state index contributed by atoms with van der Waals surface area (Å²) in [4.78, 5) is 36.0.